The van der Waals surface area contributed by atoms with E-state index in [-0.39, 0.29) is 6.54 Å². The van der Waals surface area contributed by atoms with Crippen LogP contribution >= 0.6 is 0 Å². The van der Waals surface area contributed by atoms with Crippen LogP contribution in [0.2, 0.25) is 0 Å². The SMILES string of the molecule is CCN(CC(=O)O)S(=O)[O-].FC(F)(F)C(F)(F)C(F)(F)C(F)(F)C(F)(F)C(F)(F)C(F)(F)C(F)(F)F. The van der Waals surface area contributed by atoms with E-state index in [0.29, 0.717) is 0 Å². The minimum atomic E-state index is -8.72. The van der Waals surface area contributed by atoms with Gasteiger partial charge in [0.2, 0.25) is 0 Å². The number of carbonyl (C=O) groups is 1. The monoisotopic (exact) mass is 604 g/mol. The van der Waals surface area contributed by atoms with Gasteiger partial charge in [0.25, 0.3) is 0 Å². The highest BCUT2D eigenvalue weighted by Crippen LogP contribution is 2.63. The van der Waals surface area contributed by atoms with Crippen LogP contribution in [0, 0.1) is 0 Å². The molecule has 0 aliphatic carbocycles. The largest absolute Gasteiger partial charge is 0.760 e. The molecule has 1 N–H and O–H groups in total. The standard InChI is InChI=1S/C8F18.C4H9NO4S/c9-1(10,3(13,14)5(17,18)7(21,22)23)2(11,12)4(15,16)6(19,20)8(24,25)26;1-2-5(10(8)9)3-4(6)7/h;2-3H2,1H3,(H,6,7)(H,8,9)/p-1. The van der Waals surface area contributed by atoms with Crippen molar-refractivity contribution in [3.63, 3.8) is 0 Å². The minimum absolute atomic E-state index is 0.183. The van der Waals surface area contributed by atoms with Crippen molar-refractivity contribution >= 4 is 17.2 Å². The molecule has 36 heavy (non-hydrogen) atoms. The number of rotatable bonds is 9. The molecular formula is C12H8F18NO4S-. The Kier molecular flexibility index (Phi) is 10.7. The molecule has 0 radical (unpaired) electrons. The van der Waals surface area contributed by atoms with Crippen molar-refractivity contribution in [1.82, 2.24) is 4.31 Å². The van der Waals surface area contributed by atoms with Crippen molar-refractivity contribution in [2.75, 3.05) is 13.1 Å². The van der Waals surface area contributed by atoms with Crippen LogP contribution in [0.4, 0.5) is 79.0 Å². The third-order valence-electron chi connectivity index (χ3n) is 3.56. The van der Waals surface area contributed by atoms with Gasteiger partial charge < -0.3 is 9.66 Å². The van der Waals surface area contributed by atoms with Gasteiger partial charge in [-0.2, -0.15) is 79.0 Å². The van der Waals surface area contributed by atoms with Crippen molar-refractivity contribution < 1.29 is 97.7 Å². The summed E-state index contributed by atoms with van der Waals surface area (Å²) in [7, 11) is 0. The lowest BCUT2D eigenvalue weighted by Gasteiger charge is -2.41. The molecule has 0 bridgehead atoms. The maximum Gasteiger partial charge on any atom is 0.460 e. The number of carboxylic acid groups (broad SMARTS) is 1. The number of hydrogen-bond donors (Lipinski definition) is 1. The number of halogens is 18. The summed E-state index contributed by atoms with van der Waals surface area (Å²) in [4.78, 5) is 9.96. The van der Waals surface area contributed by atoms with Gasteiger partial charge >= 0.3 is 53.9 Å². The molecule has 0 amide bonds. The van der Waals surface area contributed by atoms with E-state index in [2.05, 4.69) is 0 Å². The molecule has 218 valence electrons. The molecule has 0 saturated carbocycles. The van der Waals surface area contributed by atoms with Gasteiger partial charge in [-0.25, -0.2) is 4.31 Å². The predicted octanol–water partition coefficient (Wildman–Crippen LogP) is 5.11. The first-order chi connectivity index (χ1) is 15.3. The van der Waals surface area contributed by atoms with Gasteiger partial charge in [-0.1, -0.05) is 6.92 Å². The number of nitrogens with zero attached hydrogens (tertiary/aromatic N) is 1. The molecule has 0 aromatic rings. The first-order valence-electron chi connectivity index (χ1n) is 7.79. The molecule has 1 unspecified atom stereocenters. The summed E-state index contributed by atoms with van der Waals surface area (Å²) in [6.07, 6.45) is -15.6. The fourth-order valence-electron chi connectivity index (χ4n) is 1.57. The Bertz CT molecular complexity index is 744. The molecule has 1 atom stereocenters. The van der Waals surface area contributed by atoms with E-state index < -0.39 is 71.7 Å². The van der Waals surface area contributed by atoms with Gasteiger partial charge in [-0.15, -0.1) is 0 Å². The van der Waals surface area contributed by atoms with Crippen LogP contribution in [0.1, 0.15) is 6.92 Å². The molecule has 0 rings (SSSR count). The van der Waals surface area contributed by atoms with Crippen molar-refractivity contribution in [2.45, 2.75) is 54.8 Å². The molecular weight excluding hydrogens is 596 g/mol. The second-order valence-corrected chi connectivity index (χ2v) is 6.96. The Hall–Kier alpha value is -1.72. The Morgan fingerprint density at radius 1 is 0.639 bits per heavy atom. The van der Waals surface area contributed by atoms with Gasteiger partial charge in [0.15, 0.2) is 0 Å². The quantitative estimate of drug-likeness (QED) is 0.293. The molecule has 24 heteroatoms. The Morgan fingerprint density at radius 3 is 0.972 bits per heavy atom. The van der Waals surface area contributed by atoms with E-state index in [0.717, 1.165) is 4.31 Å². The molecule has 0 aliphatic rings. The van der Waals surface area contributed by atoms with Gasteiger partial charge in [0.05, 0.1) is 0 Å². The van der Waals surface area contributed by atoms with E-state index in [1.165, 1.54) is 0 Å². The molecule has 0 aliphatic heterocycles. The zero-order valence-corrected chi connectivity index (χ0v) is 17.1. The highest BCUT2D eigenvalue weighted by Gasteiger charge is 2.95. The lowest BCUT2D eigenvalue weighted by Crippen LogP contribution is -2.74. The summed E-state index contributed by atoms with van der Waals surface area (Å²) in [6, 6.07) is 0. The van der Waals surface area contributed by atoms with Gasteiger partial charge in [0, 0.05) is 17.8 Å². The first kappa shape index (κ1) is 36.4. The minimum Gasteiger partial charge on any atom is -0.760 e. The van der Waals surface area contributed by atoms with E-state index in [9.17, 15) is 92.6 Å². The molecule has 5 nitrogen and oxygen atoms in total. The maximum absolute atomic E-state index is 12.8. The van der Waals surface area contributed by atoms with Crippen molar-refractivity contribution in [3.05, 3.63) is 0 Å². The van der Waals surface area contributed by atoms with Crippen LogP contribution in [-0.2, 0) is 16.1 Å². The van der Waals surface area contributed by atoms with Crippen molar-refractivity contribution in [1.29, 1.82) is 0 Å². The van der Waals surface area contributed by atoms with E-state index >= 15 is 0 Å². The lowest BCUT2D eigenvalue weighted by molar-refractivity contribution is -0.468. The average Bonchev–Trinajstić information content (AvgIpc) is 2.63. The Labute approximate surface area is 188 Å². The summed E-state index contributed by atoms with van der Waals surface area (Å²) < 4.78 is 242. The molecule has 0 spiro atoms. The summed E-state index contributed by atoms with van der Waals surface area (Å²) in [5.74, 6) is -52.2. The van der Waals surface area contributed by atoms with Crippen molar-refractivity contribution in [3.8, 4) is 0 Å². The van der Waals surface area contributed by atoms with E-state index in [1.807, 2.05) is 0 Å². The van der Waals surface area contributed by atoms with Crippen LogP contribution in [-0.4, -0.2) is 85.1 Å². The number of alkyl halides is 18. The molecule has 0 aromatic heterocycles. The summed E-state index contributed by atoms with van der Waals surface area (Å²) >= 11 is -2.42. The molecule has 0 saturated heterocycles. The zero-order valence-electron chi connectivity index (χ0n) is 16.2. The number of hydrogen-bond acceptors (Lipinski definition) is 3. The summed E-state index contributed by atoms with van der Waals surface area (Å²) in [6.45, 7) is 1.29. The van der Waals surface area contributed by atoms with Crippen molar-refractivity contribution in [2.24, 2.45) is 0 Å². The molecule has 0 aromatic carbocycles. The van der Waals surface area contributed by atoms with E-state index in [1.54, 1.807) is 6.92 Å². The Balaban J connectivity index is 0. The van der Waals surface area contributed by atoms with E-state index in [4.69, 9.17) is 5.11 Å². The Morgan fingerprint density at radius 2 is 0.861 bits per heavy atom. The molecule has 0 fully saturated rings. The summed E-state index contributed by atoms with van der Waals surface area (Å²) in [5, 5.41) is 8.15. The molecule has 0 heterocycles. The van der Waals surface area contributed by atoms with Crippen LogP contribution in [0.15, 0.2) is 0 Å². The lowest BCUT2D eigenvalue weighted by atomic mass is 9.91. The fraction of sp³-hybridized carbons (Fsp3) is 0.917. The van der Waals surface area contributed by atoms with Gasteiger partial charge in [-0.05, 0) is 0 Å². The fourth-order valence-corrected chi connectivity index (χ4v) is 1.99. The first-order valence-corrected chi connectivity index (χ1v) is 8.82. The number of carboxylic acids is 1. The van der Waals surface area contributed by atoms with Gasteiger partial charge in [-0.3, -0.25) is 9.00 Å². The van der Waals surface area contributed by atoms with Crippen LogP contribution < -0.4 is 0 Å². The van der Waals surface area contributed by atoms with Crippen LogP contribution in [0.25, 0.3) is 0 Å². The second kappa shape index (κ2) is 10.6. The summed E-state index contributed by atoms with van der Waals surface area (Å²) in [5.41, 5.74) is 0. The number of aliphatic carboxylic acids is 1. The van der Waals surface area contributed by atoms with Crippen LogP contribution in [0.3, 0.4) is 0 Å². The number of likely N-dealkylation sites (N-methyl/N-ethyl adjacent to an activating group) is 1. The maximum atomic E-state index is 12.8. The third kappa shape index (κ3) is 6.22. The third-order valence-corrected chi connectivity index (χ3v) is 4.37. The topological polar surface area (TPSA) is 80.7 Å². The normalized spacial score (nSPS) is 15.9. The average molecular weight is 604 g/mol. The van der Waals surface area contributed by atoms with Gasteiger partial charge in [0.1, 0.15) is 6.54 Å². The predicted molar refractivity (Wildman–Crippen MR) is 75.6 cm³/mol. The smallest absolute Gasteiger partial charge is 0.460 e. The second-order valence-electron chi connectivity index (χ2n) is 6.01. The highest BCUT2D eigenvalue weighted by molar-refractivity contribution is 7.76. The highest BCUT2D eigenvalue weighted by atomic mass is 32.2. The zero-order chi connectivity index (χ0) is 30.1. The van der Waals surface area contributed by atoms with Crippen LogP contribution in [0.5, 0.6) is 0 Å².